The van der Waals surface area contributed by atoms with E-state index in [1.165, 1.54) is 0 Å². The standard InChI is InChI=1S/C17H22ClN5O/c1-22(2)16-11-12(10-15(18)21-16)17(24)20-13-6-3-4-7-14(13)23-9-5-8-19-23/h5,8-11,13-14H,3-4,6-7H2,1-2H3,(H,20,24)/t13-,14-/m0/s1. The van der Waals surface area contributed by atoms with Gasteiger partial charge in [0.15, 0.2) is 0 Å². The molecule has 3 rings (SSSR count). The summed E-state index contributed by atoms with van der Waals surface area (Å²) in [7, 11) is 3.74. The molecule has 1 N–H and O–H groups in total. The van der Waals surface area contributed by atoms with Crippen LogP contribution in [0.4, 0.5) is 5.82 Å². The van der Waals surface area contributed by atoms with E-state index in [4.69, 9.17) is 11.6 Å². The topological polar surface area (TPSA) is 63.1 Å². The van der Waals surface area contributed by atoms with E-state index in [9.17, 15) is 4.79 Å². The molecule has 24 heavy (non-hydrogen) atoms. The van der Waals surface area contributed by atoms with Crippen LogP contribution in [0.3, 0.4) is 0 Å². The normalized spacial score (nSPS) is 20.6. The van der Waals surface area contributed by atoms with Gasteiger partial charge in [-0.2, -0.15) is 5.10 Å². The fourth-order valence-electron chi connectivity index (χ4n) is 3.17. The van der Waals surface area contributed by atoms with Crippen LogP contribution in [0.1, 0.15) is 42.1 Å². The fraction of sp³-hybridized carbons (Fsp3) is 0.471. The van der Waals surface area contributed by atoms with Crippen LogP contribution in [0.2, 0.25) is 5.15 Å². The zero-order chi connectivity index (χ0) is 17.1. The van der Waals surface area contributed by atoms with Crippen LogP contribution in [0.25, 0.3) is 0 Å². The van der Waals surface area contributed by atoms with Crippen LogP contribution in [0.5, 0.6) is 0 Å². The maximum atomic E-state index is 12.7. The summed E-state index contributed by atoms with van der Waals surface area (Å²) in [5.74, 6) is 0.548. The molecule has 1 fully saturated rings. The van der Waals surface area contributed by atoms with Gasteiger partial charge in [0.2, 0.25) is 0 Å². The van der Waals surface area contributed by atoms with E-state index in [1.54, 1.807) is 18.3 Å². The van der Waals surface area contributed by atoms with Gasteiger partial charge in [-0.3, -0.25) is 9.48 Å². The molecule has 1 aliphatic rings. The Morgan fingerprint density at radius 3 is 2.83 bits per heavy atom. The van der Waals surface area contributed by atoms with Gasteiger partial charge in [0.1, 0.15) is 11.0 Å². The number of carbonyl (C=O) groups is 1. The summed E-state index contributed by atoms with van der Waals surface area (Å²) in [5.41, 5.74) is 0.531. The molecule has 7 heteroatoms. The maximum Gasteiger partial charge on any atom is 0.251 e. The molecular formula is C17H22ClN5O. The Bertz CT molecular complexity index is 701. The summed E-state index contributed by atoms with van der Waals surface area (Å²) in [4.78, 5) is 18.8. The first-order valence-electron chi connectivity index (χ1n) is 8.19. The molecule has 0 aliphatic heterocycles. The molecule has 2 aromatic heterocycles. The van der Waals surface area contributed by atoms with Crippen molar-refractivity contribution in [3.8, 4) is 0 Å². The second kappa shape index (κ2) is 7.21. The summed E-state index contributed by atoms with van der Waals surface area (Å²) < 4.78 is 1.95. The van der Waals surface area contributed by atoms with Crippen molar-refractivity contribution >= 4 is 23.3 Å². The average molecular weight is 348 g/mol. The molecule has 2 heterocycles. The van der Waals surface area contributed by atoms with Gasteiger partial charge in [0.05, 0.1) is 12.1 Å². The lowest BCUT2D eigenvalue weighted by Gasteiger charge is -2.32. The van der Waals surface area contributed by atoms with E-state index in [1.807, 2.05) is 35.9 Å². The highest BCUT2D eigenvalue weighted by molar-refractivity contribution is 6.29. The molecule has 0 radical (unpaired) electrons. The average Bonchev–Trinajstić information content (AvgIpc) is 3.09. The Balaban J connectivity index is 1.78. The highest BCUT2D eigenvalue weighted by Gasteiger charge is 2.28. The minimum absolute atomic E-state index is 0.0703. The molecular weight excluding hydrogens is 326 g/mol. The van der Waals surface area contributed by atoms with Gasteiger partial charge in [0.25, 0.3) is 5.91 Å². The number of pyridine rings is 1. The lowest BCUT2D eigenvalue weighted by atomic mass is 9.90. The van der Waals surface area contributed by atoms with Crippen LogP contribution in [0.15, 0.2) is 30.6 Å². The van der Waals surface area contributed by atoms with Crippen molar-refractivity contribution in [2.75, 3.05) is 19.0 Å². The minimum atomic E-state index is -0.119. The number of amides is 1. The van der Waals surface area contributed by atoms with Crippen LogP contribution in [-0.2, 0) is 0 Å². The molecule has 0 unspecified atom stereocenters. The second-order valence-corrected chi connectivity index (χ2v) is 6.74. The summed E-state index contributed by atoms with van der Waals surface area (Å²) in [6.45, 7) is 0. The number of nitrogens with zero attached hydrogens (tertiary/aromatic N) is 4. The maximum absolute atomic E-state index is 12.7. The third-order valence-corrected chi connectivity index (χ3v) is 4.61. The summed E-state index contributed by atoms with van der Waals surface area (Å²) in [6.07, 6.45) is 7.98. The van der Waals surface area contributed by atoms with Crippen molar-refractivity contribution < 1.29 is 4.79 Å². The Morgan fingerprint density at radius 2 is 2.12 bits per heavy atom. The number of hydrogen-bond donors (Lipinski definition) is 1. The van der Waals surface area contributed by atoms with Crippen LogP contribution >= 0.6 is 11.6 Å². The molecule has 1 aliphatic carbocycles. The SMILES string of the molecule is CN(C)c1cc(C(=O)N[C@H]2CCCC[C@@H]2n2cccn2)cc(Cl)n1. The third-order valence-electron chi connectivity index (χ3n) is 4.41. The molecule has 2 atom stereocenters. The molecule has 6 nitrogen and oxygen atoms in total. The van der Waals surface area contributed by atoms with Gasteiger partial charge in [-0.1, -0.05) is 24.4 Å². The lowest BCUT2D eigenvalue weighted by Crippen LogP contribution is -2.43. The molecule has 2 aromatic rings. The van der Waals surface area contributed by atoms with Gasteiger partial charge < -0.3 is 10.2 Å². The summed E-state index contributed by atoms with van der Waals surface area (Å²) >= 11 is 6.06. The van der Waals surface area contributed by atoms with Gasteiger partial charge in [-0.25, -0.2) is 4.98 Å². The van der Waals surface area contributed by atoms with E-state index in [0.717, 1.165) is 25.7 Å². The van der Waals surface area contributed by atoms with Gasteiger partial charge >= 0.3 is 0 Å². The fourth-order valence-corrected chi connectivity index (χ4v) is 3.37. The molecule has 1 saturated carbocycles. The molecule has 0 bridgehead atoms. The van der Waals surface area contributed by atoms with Gasteiger partial charge in [-0.05, 0) is 31.0 Å². The minimum Gasteiger partial charge on any atom is -0.363 e. The number of hydrogen-bond acceptors (Lipinski definition) is 4. The monoisotopic (exact) mass is 347 g/mol. The zero-order valence-electron chi connectivity index (χ0n) is 13.9. The predicted octanol–water partition coefficient (Wildman–Crippen LogP) is 2.91. The molecule has 1 amide bonds. The zero-order valence-corrected chi connectivity index (χ0v) is 14.7. The molecule has 0 spiro atoms. The Morgan fingerprint density at radius 1 is 1.33 bits per heavy atom. The van der Waals surface area contributed by atoms with Crippen molar-refractivity contribution in [2.24, 2.45) is 0 Å². The van der Waals surface area contributed by atoms with Gasteiger partial charge in [-0.15, -0.1) is 0 Å². The number of nitrogens with one attached hydrogen (secondary N) is 1. The first-order valence-corrected chi connectivity index (χ1v) is 8.57. The summed E-state index contributed by atoms with van der Waals surface area (Å²) in [5, 5.41) is 7.83. The van der Waals surface area contributed by atoms with Crippen LogP contribution in [-0.4, -0.2) is 40.8 Å². The van der Waals surface area contributed by atoms with Crippen molar-refractivity contribution in [2.45, 2.75) is 37.8 Å². The van der Waals surface area contributed by atoms with Crippen molar-refractivity contribution in [1.82, 2.24) is 20.1 Å². The number of anilines is 1. The first-order chi connectivity index (χ1) is 11.5. The van der Waals surface area contributed by atoms with E-state index >= 15 is 0 Å². The third kappa shape index (κ3) is 3.70. The molecule has 0 aromatic carbocycles. The molecule has 128 valence electrons. The number of carbonyl (C=O) groups excluding carboxylic acids is 1. The number of rotatable bonds is 4. The Hall–Kier alpha value is -2.08. The van der Waals surface area contributed by atoms with Crippen molar-refractivity contribution in [1.29, 1.82) is 0 Å². The van der Waals surface area contributed by atoms with Crippen LogP contribution in [0, 0.1) is 0 Å². The van der Waals surface area contributed by atoms with E-state index < -0.39 is 0 Å². The Labute approximate surface area is 146 Å². The first kappa shape index (κ1) is 16.8. The lowest BCUT2D eigenvalue weighted by molar-refractivity contribution is 0.0905. The van der Waals surface area contributed by atoms with Crippen LogP contribution < -0.4 is 10.2 Å². The van der Waals surface area contributed by atoms with E-state index in [2.05, 4.69) is 15.4 Å². The highest BCUT2D eigenvalue weighted by atomic mass is 35.5. The Kier molecular flexibility index (Phi) is 5.04. The largest absolute Gasteiger partial charge is 0.363 e. The van der Waals surface area contributed by atoms with Crippen molar-refractivity contribution in [3.05, 3.63) is 41.3 Å². The van der Waals surface area contributed by atoms with E-state index in [0.29, 0.717) is 16.5 Å². The smallest absolute Gasteiger partial charge is 0.251 e. The van der Waals surface area contributed by atoms with E-state index in [-0.39, 0.29) is 18.0 Å². The van der Waals surface area contributed by atoms with Gasteiger partial charge in [0, 0.05) is 32.1 Å². The second-order valence-electron chi connectivity index (χ2n) is 6.35. The summed E-state index contributed by atoms with van der Waals surface area (Å²) in [6, 6.07) is 5.55. The highest BCUT2D eigenvalue weighted by Crippen LogP contribution is 2.28. The molecule has 0 saturated heterocycles. The number of aromatic nitrogens is 3. The predicted molar refractivity (Wildman–Crippen MR) is 94.6 cm³/mol. The van der Waals surface area contributed by atoms with Crippen molar-refractivity contribution in [3.63, 3.8) is 0 Å². The number of halogens is 1. The quantitative estimate of drug-likeness (QED) is 0.864.